The van der Waals surface area contributed by atoms with E-state index in [2.05, 4.69) is 0 Å². The van der Waals surface area contributed by atoms with E-state index in [4.69, 9.17) is 0 Å². The molecule has 2 aromatic rings. The van der Waals surface area contributed by atoms with Crippen molar-refractivity contribution >= 4 is 9.84 Å². The first-order valence-electron chi connectivity index (χ1n) is 8.90. The molecule has 0 unspecified atom stereocenters. The van der Waals surface area contributed by atoms with Gasteiger partial charge in [0.25, 0.3) is 5.92 Å². The van der Waals surface area contributed by atoms with Gasteiger partial charge in [-0.15, -0.1) is 0 Å². The van der Waals surface area contributed by atoms with Crippen LogP contribution in [0, 0.1) is 11.6 Å². The lowest BCUT2D eigenvalue weighted by Gasteiger charge is -2.28. The lowest BCUT2D eigenvalue weighted by molar-refractivity contribution is -0.0976. The minimum absolute atomic E-state index is 0.0435. The number of aliphatic hydroxyl groups excluding tert-OH is 1. The van der Waals surface area contributed by atoms with Gasteiger partial charge < -0.3 is 5.11 Å². The van der Waals surface area contributed by atoms with Crippen molar-refractivity contribution in [1.29, 1.82) is 0 Å². The molecule has 0 amide bonds. The van der Waals surface area contributed by atoms with Crippen LogP contribution in [0.3, 0.4) is 0 Å². The third-order valence-corrected chi connectivity index (χ3v) is 6.84. The second-order valence-electron chi connectivity index (χ2n) is 7.56. The topological polar surface area (TPSA) is 54.4 Å². The fraction of sp³-hybridized carbons (Fsp3) is 0.400. The van der Waals surface area contributed by atoms with Gasteiger partial charge in [0, 0.05) is 30.2 Å². The largest absolute Gasteiger partial charge is 0.382 e. The van der Waals surface area contributed by atoms with Gasteiger partial charge in [-0.3, -0.25) is 0 Å². The molecule has 4 rings (SSSR count). The van der Waals surface area contributed by atoms with Crippen LogP contribution in [-0.4, -0.2) is 25.7 Å². The van der Waals surface area contributed by atoms with E-state index in [1.165, 1.54) is 18.2 Å². The summed E-state index contributed by atoms with van der Waals surface area (Å²) in [7, 11) is -3.85. The van der Waals surface area contributed by atoms with Crippen molar-refractivity contribution in [1.82, 2.24) is 0 Å². The lowest BCUT2D eigenvalue weighted by atomic mass is 9.76. The van der Waals surface area contributed by atoms with E-state index in [0.29, 0.717) is 30.4 Å². The number of sulfone groups is 1. The molecule has 0 bridgehead atoms. The maximum atomic E-state index is 14.6. The van der Waals surface area contributed by atoms with Crippen LogP contribution < -0.4 is 0 Å². The number of aliphatic hydroxyl groups is 1. The number of fused-ring (bicyclic) bond motifs is 2. The van der Waals surface area contributed by atoms with Crippen LogP contribution in [0.2, 0.25) is 0 Å². The predicted octanol–water partition coefficient (Wildman–Crippen LogP) is 4.06. The van der Waals surface area contributed by atoms with Crippen molar-refractivity contribution in [3.05, 3.63) is 63.7 Å². The minimum atomic E-state index is -3.85. The Kier molecular flexibility index (Phi) is 4.35. The highest BCUT2D eigenvalue weighted by atomic mass is 32.2. The first-order chi connectivity index (χ1) is 13.0. The molecule has 0 radical (unpaired) electrons. The molecular formula is C20H18F4O3S. The molecule has 0 fully saturated rings. The van der Waals surface area contributed by atoms with Crippen molar-refractivity contribution in [2.75, 3.05) is 6.26 Å². The maximum absolute atomic E-state index is 14.6. The molecular weight excluding hydrogens is 396 g/mol. The summed E-state index contributed by atoms with van der Waals surface area (Å²) in [6.45, 7) is 0. The summed E-state index contributed by atoms with van der Waals surface area (Å²) >= 11 is 0. The molecule has 0 saturated carbocycles. The molecule has 2 atom stereocenters. The zero-order chi connectivity index (χ0) is 20.4. The number of halogens is 4. The monoisotopic (exact) mass is 414 g/mol. The van der Waals surface area contributed by atoms with Gasteiger partial charge in [-0.25, -0.2) is 26.0 Å². The smallest absolute Gasteiger partial charge is 0.281 e. The SMILES string of the molecule is CS(=O)(=O)c1ccc([C@@H]2CCCc3cc(F)cc(F)c32)c2c1[C@H](O)C(F)(F)C2. The number of aryl methyl sites for hydroxylation is 1. The Labute approximate surface area is 159 Å². The normalized spacial score (nSPS) is 23.4. The Morgan fingerprint density at radius 2 is 1.86 bits per heavy atom. The molecule has 0 aliphatic heterocycles. The first-order valence-corrected chi connectivity index (χ1v) is 10.8. The van der Waals surface area contributed by atoms with Crippen LogP contribution in [0.4, 0.5) is 17.6 Å². The van der Waals surface area contributed by atoms with E-state index < -0.39 is 45.8 Å². The first kappa shape index (κ1) is 19.4. The zero-order valence-corrected chi connectivity index (χ0v) is 15.8. The molecule has 0 saturated heterocycles. The zero-order valence-electron chi connectivity index (χ0n) is 15.0. The summed E-state index contributed by atoms with van der Waals surface area (Å²) in [5, 5.41) is 10.1. The Morgan fingerprint density at radius 3 is 2.54 bits per heavy atom. The molecule has 2 aliphatic carbocycles. The average Bonchev–Trinajstić information content (AvgIpc) is 2.82. The molecule has 2 aromatic carbocycles. The van der Waals surface area contributed by atoms with E-state index >= 15 is 0 Å². The fourth-order valence-corrected chi connectivity index (χ4v) is 5.49. The lowest BCUT2D eigenvalue weighted by Crippen LogP contribution is -2.22. The minimum Gasteiger partial charge on any atom is -0.382 e. The van der Waals surface area contributed by atoms with Crippen LogP contribution in [0.25, 0.3) is 0 Å². The van der Waals surface area contributed by atoms with Gasteiger partial charge >= 0.3 is 0 Å². The predicted molar refractivity (Wildman–Crippen MR) is 94.3 cm³/mol. The highest BCUT2D eigenvalue weighted by Crippen LogP contribution is 2.50. The third kappa shape index (κ3) is 2.93. The van der Waals surface area contributed by atoms with Crippen LogP contribution in [-0.2, 0) is 22.7 Å². The number of rotatable bonds is 2. The van der Waals surface area contributed by atoms with E-state index in [-0.39, 0.29) is 21.6 Å². The maximum Gasteiger partial charge on any atom is 0.281 e. The van der Waals surface area contributed by atoms with E-state index in [0.717, 1.165) is 12.3 Å². The van der Waals surface area contributed by atoms with Crippen molar-refractivity contribution in [2.45, 2.75) is 48.5 Å². The van der Waals surface area contributed by atoms with Gasteiger partial charge in [0.15, 0.2) is 9.84 Å². The van der Waals surface area contributed by atoms with Crippen LogP contribution in [0.1, 0.15) is 52.7 Å². The number of hydrogen-bond acceptors (Lipinski definition) is 3. The van der Waals surface area contributed by atoms with Gasteiger partial charge in [0.05, 0.1) is 4.90 Å². The highest BCUT2D eigenvalue weighted by molar-refractivity contribution is 7.90. The van der Waals surface area contributed by atoms with Crippen molar-refractivity contribution in [3.63, 3.8) is 0 Å². The molecule has 3 nitrogen and oxygen atoms in total. The highest BCUT2D eigenvalue weighted by Gasteiger charge is 2.50. The Morgan fingerprint density at radius 1 is 1.14 bits per heavy atom. The molecule has 2 aliphatic rings. The van der Waals surface area contributed by atoms with Gasteiger partial charge in [0.2, 0.25) is 0 Å². The summed E-state index contributed by atoms with van der Waals surface area (Å²) in [5.41, 5.74) is 0.846. The fourth-order valence-electron chi connectivity index (χ4n) is 4.54. The molecule has 0 spiro atoms. The Bertz CT molecular complexity index is 1080. The van der Waals surface area contributed by atoms with Gasteiger partial charge in [-0.2, -0.15) is 0 Å². The quantitative estimate of drug-likeness (QED) is 0.754. The number of benzene rings is 2. The molecule has 150 valence electrons. The van der Waals surface area contributed by atoms with Crippen molar-refractivity contribution < 1.29 is 31.1 Å². The van der Waals surface area contributed by atoms with Crippen LogP contribution in [0.15, 0.2) is 29.2 Å². The van der Waals surface area contributed by atoms with Gasteiger partial charge in [0.1, 0.15) is 17.7 Å². The molecule has 0 aromatic heterocycles. The molecule has 28 heavy (non-hydrogen) atoms. The third-order valence-electron chi connectivity index (χ3n) is 5.68. The average molecular weight is 414 g/mol. The second-order valence-corrected chi connectivity index (χ2v) is 9.55. The van der Waals surface area contributed by atoms with E-state index in [1.54, 1.807) is 0 Å². The van der Waals surface area contributed by atoms with Crippen molar-refractivity contribution in [3.8, 4) is 0 Å². The molecule has 8 heteroatoms. The summed E-state index contributed by atoms with van der Waals surface area (Å²) in [6.07, 6.45) is -0.624. The molecule has 0 heterocycles. The standard InChI is InChI=1S/C20H18F4O3S/c1-28(26,27)16-6-5-12(14-9-20(23,24)19(25)18(14)16)13-4-2-3-10-7-11(21)8-15(22)17(10)13/h5-8,13,19,25H,2-4,9H2,1H3/t13-,19-/m0/s1. The number of hydrogen-bond donors (Lipinski definition) is 1. The van der Waals surface area contributed by atoms with Gasteiger partial charge in [-0.05, 0) is 53.6 Å². The summed E-state index contributed by atoms with van der Waals surface area (Å²) in [6, 6.07) is 4.64. The summed E-state index contributed by atoms with van der Waals surface area (Å²) in [5.74, 6) is -5.56. The second kappa shape index (κ2) is 6.29. The number of alkyl halides is 2. The van der Waals surface area contributed by atoms with Gasteiger partial charge in [-0.1, -0.05) is 6.07 Å². The van der Waals surface area contributed by atoms with E-state index in [1.807, 2.05) is 0 Å². The molecule has 1 N–H and O–H groups in total. The summed E-state index contributed by atoms with van der Waals surface area (Å²) in [4.78, 5) is -0.341. The van der Waals surface area contributed by atoms with Crippen LogP contribution >= 0.6 is 0 Å². The Balaban J connectivity index is 1.96. The summed E-state index contributed by atoms with van der Waals surface area (Å²) < 4.78 is 80.9. The van der Waals surface area contributed by atoms with Crippen molar-refractivity contribution in [2.24, 2.45) is 0 Å². The van der Waals surface area contributed by atoms with Crippen LogP contribution in [0.5, 0.6) is 0 Å². The Hall–Kier alpha value is -1.93. The van der Waals surface area contributed by atoms with E-state index in [9.17, 15) is 31.1 Å².